The molecular weight excluding hydrogens is 243 g/mol. The molecule has 4 heteroatoms. The third-order valence-corrected chi connectivity index (χ3v) is 3.09. The molecule has 0 fully saturated rings. The van der Waals surface area contributed by atoms with E-state index in [-0.39, 0.29) is 11.6 Å². The Kier molecular flexibility index (Phi) is 3.51. The van der Waals surface area contributed by atoms with Gasteiger partial charge in [0.15, 0.2) is 0 Å². The van der Waals surface area contributed by atoms with Crippen LogP contribution in [0.4, 0.5) is 4.39 Å². The number of carbonyl (C=O) groups is 1. The molecule has 0 bridgehead atoms. The Labute approximate surface area is 111 Å². The molecule has 98 valence electrons. The van der Waals surface area contributed by atoms with E-state index in [1.54, 1.807) is 19.1 Å². The molecule has 0 saturated heterocycles. The monoisotopic (exact) mass is 258 g/mol. The molecule has 1 aliphatic rings. The maximum absolute atomic E-state index is 14.1. The Hall–Kier alpha value is -2.36. The van der Waals surface area contributed by atoms with E-state index < -0.39 is 5.83 Å². The van der Waals surface area contributed by atoms with Gasteiger partial charge in [-0.05, 0) is 36.4 Å². The lowest BCUT2D eigenvalue weighted by atomic mass is 10.1. The van der Waals surface area contributed by atoms with Gasteiger partial charge in [-0.2, -0.15) is 0 Å². The molecule has 2 rings (SSSR count). The van der Waals surface area contributed by atoms with Crippen LogP contribution in [0.2, 0.25) is 0 Å². The van der Waals surface area contributed by atoms with Crippen molar-refractivity contribution in [2.75, 3.05) is 0 Å². The fourth-order valence-corrected chi connectivity index (χ4v) is 2.04. The zero-order valence-electron chi connectivity index (χ0n) is 10.7. The predicted octanol–water partition coefficient (Wildman–Crippen LogP) is 2.87. The molecule has 1 aliphatic heterocycles. The first kappa shape index (κ1) is 13.1. The molecule has 1 aromatic carbocycles. The highest BCUT2D eigenvalue weighted by Gasteiger charge is 2.30. The van der Waals surface area contributed by atoms with E-state index in [4.69, 9.17) is 5.73 Å². The average molecular weight is 258 g/mol. The summed E-state index contributed by atoms with van der Waals surface area (Å²) in [6, 6.07) is 7.23. The van der Waals surface area contributed by atoms with Crippen LogP contribution < -0.4 is 5.73 Å². The first-order valence-corrected chi connectivity index (χ1v) is 5.90. The fourth-order valence-electron chi connectivity index (χ4n) is 2.04. The summed E-state index contributed by atoms with van der Waals surface area (Å²) >= 11 is 0. The number of halogens is 1. The molecule has 1 heterocycles. The number of carbonyl (C=O) groups excluding carboxylic acids is 1. The summed E-state index contributed by atoms with van der Waals surface area (Å²) in [6.45, 7) is 5.60. The minimum Gasteiger partial charge on any atom is -0.405 e. The highest BCUT2D eigenvalue weighted by molar-refractivity contribution is 5.99. The van der Waals surface area contributed by atoms with E-state index in [9.17, 15) is 9.18 Å². The van der Waals surface area contributed by atoms with Gasteiger partial charge in [-0.15, -0.1) is 0 Å². The molecule has 1 aromatic rings. The maximum atomic E-state index is 14.1. The van der Waals surface area contributed by atoms with Gasteiger partial charge in [-0.3, -0.25) is 4.79 Å². The van der Waals surface area contributed by atoms with Crippen molar-refractivity contribution in [3.8, 4) is 0 Å². The number of nitrogens with two attached hydrogens (primary N) is 1. The van der Waals surface area contributed by atoms with Crippen molar-refractivity contribution in [1.29, 1.82) is 0 Å². The van der Waals surface area contributed by atoms with Gasteiger partial charge in [0, 0.05) is 5.56 Å². The van der Waals surface area contributed by atoms with Crippen LogP contribution in [0, 0.1) is 0 Å². The molecule has 0 aliphatic carbocycles. The molecule has 1 amide bonds. The molecule has 2 N–H and O–H groups in total. The summed E-state index contributed by atoms with van der Waals surface area (Å²) in [5.41, 5.74) is 7.12. The zero-order valence-corrected chi connectivity index (χ0v) is 10.7. The van der Waals surface area contributed by atoms with Crippen molar-refractivity contribution >= 4 is 5.91 Å². The van der Waals surface area contributed by atoms with E-state index in [2.05, 4.69) is 6.58 Å². The number of benzene rings is 1. The third-order valence-electron chi connectivity index (χ3n) is 3.09. The van der Waals surface area contributed by atoms with Gasteiger partial charge < -0.3 is 10.6 Å². The largest absolute Gasteiger partial charge is 0.405 e. The molecule has 3 nitrogen and oxygen atoms in total. The Morgan fingerprint density at radius 3 is 2.79 bits per heavy atom. The van der Waals surface area contributed by atoms with Crippen LogP contribution in [0.3, 0.4) is 0 Å². The Bertz CT molecular complexity index is 602. The van der Waals surface area contributed by atoms with Gasteiger partial charge in [-0.25, -0.2) is 4.39 Å². The summed E-state index contributed by atoms with van der Waals surface area (Å²) in [5, 5.41) is 0. The van der Waals surface area contributed by atoms with Crippen LogP contribution in [0.15, 0.2) is 60.2 Å². The molecular formula is C15H15FN2O. The van der Waals surface area contributed by atoms with E-state index in [0.29, 0.717) is 17.7 Å². The van der Waals surface area contributed by atoms with Crippen molar-refractivity contribution in [1.82, 2.24) is 4.90 Å². The number of hydrogen-bond acceptors (Lipinski definition) is 2. The van der Waals surface area contributed by atoms with Crippen LogP contribution in [-0.4, -0.2) is 10.8 Å². The normalized spacial score (nSPS) is 15.7. The number of hydrogen-bond donors (Lipinski definition) is 1. The second kappa shape index (κ2) is 5.10. The standard InChI is InChI=1S/C15H15FN2O/c1-10(7-8-17)14(16)11(2)18-9-12-5-3-4-6-13(12)15(18)19/h3-8H,2,9,17H2,1H3/b8-7-,14-10+. The first-order chi connectivity index (χ1) is 9.06. The van der Waals surface area contributed by atoms with Gasteiger partial charge in [0.2, 0.25) is 0 Å². The smallest absolute Gasteiger partial charge is 0.259 e. The number of amides is 1. The zero-order chi connectivity index (χ0) is 14.0. The van der Waals surface area contributed by atoms with Crippen molar-refractivity contribution in [3.63, 3.8) is 0 Å². The molecule has 0 radical (unpaired) electrons. The van der Waals surface area contributed by atoms with E-state index in [1.807, 2.05) is 12.1 Å². The van der Waals surface area contributed by atoms with Gasteiger partial charge in [-0.1, -0.05) is 24.8 Å². The Balaban J connectivity index is 2.30. The summed E-state index contributed by atoms with van der Waals surface area (Å²) in [5.74, 6) is -0.747. The summed E-state index contributed by atoms with van der Waals surface area (Å²) in [7, 11) is 0. The fraction of sp³-hybridized carbons (Fsp3) is 0.133. The van der Waals surface area contributed by atoms with Crippen LogP contribution in [0.5, 0.6) is 0 Å². The van der Waals surface area contributed by atoms with Crippen LogP contribution in [-0.2, 0) is 6.54 Å². The number of allylic oxidation sites excluding steroid dienone is 3. The van der Waals surface area contributed by atoms with Gasteiger partial charge >= 0.3 is 0 Å². The third kappa shape index (κ3) is 2.29. The Morgan fingerprint density at radius 1 is 1.47 bits per heavy atom. The molecule has 0 atom stereocenters. The van der Waals surface area contributed by atoms with Crippen molar-refractivity contribution in [3.05, 3.63) is 71.3 Å². The lowest BCUT2D eigenvalue weighted by molar-refractivity contribution is 0.0826. The lowest BCUT2D eigenvalue weighted by Gasteiger charge is -2.17. The van der Waals surface area contributed by atoms with Crippen LogP contribution in [0.25, 0.3) is 0 Å². The Morgan fingerprint density at radius 2 is 2.16 bits per heavy atom. The molecule has 19 heavy (non-hydrogen) atoms. The first-order valence-electron chi connectivity index (χ1n) is 5.90. The molecule has 0 unspecified atom stereocenters. The molecule has 0 spiro atoms. The topological polar surface area (TPSA) is 46.3 Å². The predicted molar refractivity (Wildman–Crippen MR) is 72.6 cm³/mol. The summed E-state index contributed by atoms with van der Waals surface area (Å²) in [6.07, 6.45) is 2.69. The van der Waals surface area contributed by atoms with E-state index >= 15 is 0 Å². The van der Waals surface area contributed by atoms with Crippen molar-refractivity contribution in [2.45, 2.75) is 13.5 Å². The second-order valence-electron chi connectivity index (χ2n) is 4.35. The summed E-state index contributed by atoms with van der Waals surface area (Å²) < 4.78 is 14.1. The highest BCUT2D eigenvalue weighted by atomic mass is 19.1. The van der Waals surface area contributed by atoms with Gasteiger partial charge in [0.25, 0.3) is 5.91 Å². The quantitative estimate of drug-likeness (QED) is 0.847. The molecule has 0 aromatic heterocycles. The minimum absolute atomic E-state index is 0.0665. The lowest BCUT2D eigenvalue weighted by Crippen LogP contribution is -2.23. The number of rotatable bonds is 3. The van der Waals surface area contributed by atoms with Crippen molar-refractivity contribution in [2.24, 2.45) is 5.73 Å². The van der Waals surface area contributed by atoms with Gasteiger partial charge in [0.1, 0.15) is 5.83 Å². The minimum atomic E-state index is -0.525. The SMILES string of the molecule is C=C(/C(F)=C(C)\C=C/N)N1Cc2ccccc2C1=O. The van der Waals surface area contributed by atoms with E-state index in [1.165, 1.54) is 17.2 Å². The maximum Gasteiger partial charge on any atom is 0.259 e. The number of fused-ring (bicyclic) bond motifs is 1. The molecule has 0 saturated carbocycles. The average Bonchev–Trinajstić information content (AvgIpc) is 2.75. The second-order valence-corrected chi connectivity index (χ2v) is 4.35. The van der Waals surface area contributed by atoms with Crippen molar-refractivity contribution < 1.29 is 9.18 Å². The highest BCUT2D eigenvalue weighted by Crippen LogP contribution is 2.29. The number of nitrogens with zero attached hydrogens (tertiary/aromatic N) is 1. The van der Waals surface area contributed by atoms with Crippen LogP contribution in [0.1, 0.15) is 22.8 Å². The van der Waals surface area contributed by atoms with E-state index in [0.717, 1.165) is 5.56 Å². The summed E-state index contributed by atoms with van der Waals surface area (Å²) in [4.78, 5) is 13.5. The van der Waals surface area contributed by atoms with Crippen LogP contribution >= 0.6 is 0 Å². The van der Waals surface area contributed by atoms with Gasteiger partial charge in [0.05, 0.1) is 12.2 Å².